The normalized spacial score (nSPS) is 12.5. The second kappa shape index (κ2) is 7.98. The molecule has 0 aliphatic heterocycles. The van der Waals surface area contributed by atoms with Gasteiger partial charge in [-0.2, -0.15) is 0 Å². The largest absolute Gasteiger partial charge is 0.443 e. The average Bonchev–Trinajstić information content (AvgIpc) is 3.10. The number of amides is 1. The SMILES string of the molecule is CC(c1nnc(-c2ccccc2)o1)N(C(=O)OC(C)(C)C)c1cc(F)cc(F)c1. The lowest BCUT2D eigenvalue weighted by Gasteiger charge is -2.30. The minimum absolute atomic E-state index is 0.0243. The fraction of sp³-hybridized carbons (Fsp3) is 0.286. The third-order valence-corrected chi connectivity index (χ3v) is 3.92. The predicted molar refractivity (Wildman–Crippen MR) is 103 cm³/mol. The number of hydrogen-bond donors (Lipinski definition) is 0. The summed E-state index contributed by atoms with van der Waals surface area (Å²) in [5, 5.41) is 8.02. The van der Waals surface area contributed by atoms with Gasteiger partial charge < -0.3 is 9.15 Å². The summed E-state index contributed by atoms with van der Waals surface area (Å²) in [4.78, 5) is 13.9. The number of hydrogen-bond acceptors (Lipinski definition) is 5. The summed E-state index contributed by atoms with van der Waals surface area (Å²) in [6.07, 6.45) is -0.797. The number of nitrogens with zero attached hydrogens (tertiary/aromatic N) is 3. The summed E-state index contributed by atoms with van der Waals surface area (Å²) in [7, 11) is 0. The van der Waals surface area contributed by atoms with Gasteiger partial charge in [0.25, 0.3) is 0 Å². The van der Waals surface area contributed by atoms with Crippen molar-refractivity contribution in [3.8, 4) is 11.5 Å². The molecule has 0 fully saturated rings. The van der Waals surface area contributed by atoms with Crippen LogP contribution in [0.4, 0.5) is 19.3 Å². The molecule has 3 aromatic rings. The van der Waals surface area contributed by atoms with E-state index >= 15 is 0 Å². The molecule has 1 unspecified atom stereocenters. The van der Waals surface area contributed by atoms with Crippen LogP contribution in [-0.4, -0.2) is 21.9 Å². The molecule has 0 bridgehead atoms. The smallest absolute Gasteiger partial charge is 0.415 e. The summed E-state index contributed by atoms with van der Waals surface area (Å²) < 4.78 is 38.8. The Morgan fingerprint density at radius 3 is 2.28 bits per heavy atom. The van der Waals surface area contributed by atoms with Crippen molar-refractivity contribution in [2.75, 3.05) is 4.90 Å². The lowest BCUT2D eigenvalue weighted by Crippen LogP contribution is -2.38. The standard InChI is InChI=1S/C21H21F2N3O3/c1-13(18-24-25-19(28-18)14-8-6-5-7-9-14)26(20(27)29-21(2,3)4)17-11-15(22)10-16(23)12-17/h5-13H,1-4H3. The molecule has 6 nitrogen and oxygen atoms in total. The molecular formula is C21H21F2N3O3. The second-order valence-corrected chi connectivity index (χ2v) is 7.47. The van der Waals surface area contributed by atoms with E-state index in [2.05, 4.69) is 10.2 Å². The first-order valence-electron chi connectivity index (χ1n) is 9.01. The number of carbonyl (C=O) groups excluding carboxylic acids is 1. The highest BCUT2D eigenvalue weighted by atomic mass is 19.1. The fourth-order valence-electron chi connectivity index (χ4n) is 2.69. The Hall–Kier alpha value is -3.29. The lowest BCUT2D eigenvalue weighted by molar-refractivity contribution is 0.0563. The van der Waals surface area contributed by atoms with Crippen molar-refractivity contribution in [2.45, 2.75) is 39.3 Å². The zero-order valence-electron chi connectivity index (χ0n) is 16.5. The first-order valence-corrected chi connectivity index (χ1v) is 9.01. The van der Waals surface area contributed by atoms with Gasteiger partial charge in [0, 0.05) is 11.6 Å². The summed E-state index contributed by atoms with van der Waals surface area (Å²) in [5.41, 5.74) is -0.131. The number of aromatic nitrogens is 2. The second-order valence-electron chi connectivity index (χ2n) is 7.47. The first kappa shape index (κ1) is 20.4. The first-order chi connectivity index (χ1) is 13.6. The van der Waals surface area contributed by atoms with Crippen LogP contribution in [0.25, 0.3) is 11.5 Å². The van der Waals surface area contributed by atoms with E-state index in [-0.39, 0.29) is 17.5 Å². The van der Waals surface area contributed by atoms with Crippen LogP contribution in [0.15, 0.2) is 52.9 Å². The zero-order chi connectivity index (χ0) is 21.2. The monoisotopic (exact) mass is 401 g/mol. The van der Waals surface area contributed by atoms with Gasteiger partial charge in [-0.1, -0.05) is 18.2 Å². The molecule has 1 aromatic heterocycles. The predicted octanol–water partition coefficient (Wildman–Crippen LogP) is 5.52. The van der Waals surface area contributed by atoms with Gasteiger partial charge in [0.15, 0.2) is 0 Å². The van der Waals surface area contributed by atoms with E-state index in [1.165, 1.54) is 0 Å². The molecule has 8 heteroatoms. The number of anilines is 1. The van der Waals surface area contributed by atoms with E-state index in [0.717, 1.165) is 23.1 Å². The van der Waals surface area contributed by atoms with Crippen molar-refractivity contribution in [1.29, 1.82) is 0 Å². The number of carbonyl (C=O) groups is 1. The van der Waals surface area contributed by atoms with Crippen LogP contribution in [0.1, 0.15) is 39.6 Å². The number of benzene rings is 2. The van der Waals surface area contributed by atoms with Gasteiger partial charge in [0.2, 0.25) is 11.8 Å². The molecule has 0 spiro atoms. The molecule has 3 rings (SSSR count). The maximum atomic E-state index is 13.8. The van der Waals surface area contributed by atoms with Gasteiger partial charge in [-0.3, -0.25) is 4.90 Å². The van der Waals surface area contributed by atoms with Crippen LogP contribution in [0, 0.1) is 11.6 Å². The van der Waals surface area contributed by atoms with E-state index in [1.54, 1.807) is 39.8 Å². The topological polar surface area (TPSA) is 68.5 Å². The highest BCUT2D eigenvalue weighted by Crippen LogP contribution is 2.31. The number of rotatable bonds is 4. The third kappa shape index (κ3) is 4.96. The van der Waals surface area contributed by atoms with E-state index in [9.17, 15) is 13.6 Å². The number of ether oxygens (including phenoxy) is 1. The van der Waals surface area contributed by atoms with Crippen molar-refractivity contribution < 1.29 is 22.7 Å². The van der Waals surface area contributed by atoms with E-state index in [4.69, 9.17) is 9.15 Å². The van der Waals surface area contributed by atoms with Crippen molar-refractivity contribution in [3.63, 3.8) is 0 Å². The molecule has 0 saturated carbocycles. The molecule has 152 valence electrons. The molecule has 0 aliphatic carbocycles. The summed E-state index contributed by atoms with van der Waals surface area (Å²) in [6.45, 7) is 6.69. The highest BCUT2D eigenvalue weighted by molar-refractivity contribution is 5.88. The Balaban J connectivity index is 1.99. The molecule has 1 amide bonds. The Kier molecular flexibility index (Phi) is 5.63. The van der Waals surface area contributed by atoms with Crippen LogP contribution < -0.4 is 4.90 Å². The van der Waals surface area contributed by atoms with E-state index in [1.807, 2.05) is 18.2 Å². The van der Waals surface area contributed by atoms with Crippen LogP contribution in [0.3, 0.4) is 0 Å². The molecule has 0 radical (unpaired) electrons. The Morgan fingerprint density at radius 1 is 1.07 bits per heavy atom. The van der Waals surface area contributed by atoms with Gasteiger partial charge in [0.05, 0.1) is 5.69 Å². The van der Waals surface area contributed by atoms with Gasteiger partial charge >= 0.3 is 6.09 Å². The van der Waals surface area contributed by atoms with Crippen LogP contribution in [-0.2, 0) is 4.74 Å². The van der Waals surface area contributed by atoms with Crippen LogP contribution in [0.2, 0.25) is 0 Å². The van der Waals surface area contributed by atoms with E-state index in [0.29, 0.717) is 5.56 Å². The number of halogens is 2. The maximum absolute atomic E-state index is 13.8. The highest BCUT2D eigenvalue weighted by Gasteiger charge is 2.32. The molecule has 0 saturated heterocycles. The Bertz CT molecular complexity index is 980. The molecule has 1 atom stereocenters. The summed E-state index contributed by atoms with van der Waals surface area (Å²) in [6, 6.07) is 11.1. The summed E-state index contributed by atoms with van der Waals surface area (Å²) in [5.74, 6) is -1.28. The minimum Gasteiger partial charge on any atom is -0.443 e. The molecule has 0 aliphatic rings. The molecule has 29 heavy (non-hydrogen) atoms. The van der Waals surface area contributed by atoms with Gasteiger partial charge in [-0.15, -0.1) is 10.2 Å². The van der Waals surface area contributed by atoms with Crippen molar-refractivity contribution >= 4 is 11.8 Å². The molecule has 1 heterocycles. The maximum Gasteiger partial charge on any atom is 0.415 e. The molecular weight excluding hydrogens is 380 g/mol. The minimum atomic E-state index is -0.837. The van der Waals surface area contributed by atoms with Gasteiger partial charge in [-0.05, 0) is 52.0 Å². The van der Waals surface area contributed by atoms with Gasteiger partial charge in [0.1, 0.15) is 23.3 Å². The zero-order valence-corrected chi connectivity index (χ0v) is 16.5. The van der Waals surface area contributed by atoms with Crippen molar-refractivity contribution in [1.82, 2.24) is 10.2 Å². The van der Waals surface area contributed by atoms with Crippen molar-refractivity contribution in [2.24, 2.45) is 0 Å². The Morgan fingerprint density at radius 2 is 1.69 bits per heavy atom. The molecule has 2 aromatic carbocycles. The quantitative estimate of drug-likeness (QED) is 0.576. The Labute approximate surface area is 167 Å². The molecule has 0 N–H and O–H groups in total. The van der Waals surface area contributed by atoms with Crippen molar-refractivity contribution in [3.05, 3.63) is 66.1 Å². The average molecular weight is 401 g/mol. The van der Waals surface area contributed by atoms with Crippen LogP contribution >= 0.6 is 0 Å². The lowest BCUT2D eigenvalue weighted by atomic mass is 10.2. The van der Waals surface area contributed by atoms with Crippen LogP contribution in [0.5, 0.6) is 0 Å². The van der Waals surface area contributed by atoms with Gasteiger partial charge in [-0.25, -0.2) is 13.6 Å². The summed E-state index contributed by atoms with van der Waals surface area (Å²) >= 11 is 0. The fourth-order valence-corrected chi connectivity index (χ4v) is 2.69. The van der Waals surface area contributed by atoms with E-state index < -0.39 is 29.4 Å². The third-order valence-electron chi connectivity index (χ3n) is 3.92.